The third kappa shape index (κ3) is 6.09. The molecule has 2 aromatic heterocycles. The topological polar surface area (TPSA) is 112 Å². The molecule has 3 fully saturated rings. The van der Waals surface area contributed by atoms with Crippen LogP contribution in [0.15, 0.2) is 18.2 Å². The maximum Gasteiger partial charge on any atom is 0.417 e. The standard InChI is InChI=1S/C37H39F6N7O2S/c1-5-50(20-9-11-35(2,15-20)33(51)48(3)4)32-22-13-24(37(41,42)43)27(21-7-8-25(39)30-26(21)23(16-44)31(45)53-30)28(40)29(22)46-34(47-32)52-18-36-10-6-12-49(36)17-19(38)14-36/h7-8,13,19-20H,5-6,9-12,14-15,17-18,45H2,1-4H3. The van der Waals surface area contributed by atoms with Crippen LogP contribution in [-0.4, -0.2) is 83.8 Å². The van der Waals surface area contributed by atoms with Gasteiger partial charge in [-0.2, -0.15) is 28.4 Å². The van der Waals surface area contributed by atoms with E-state index in [4.69, 9.17) is 10.5 Å². The van der Waals surface area contributed by atoms with E-state index in [-0.39, 0.29) is 81.5 Å². The van der Waals surface area contributed by atoms with Crippen molar-refractivity contribution in [3.63, 3.8) is 0 Å². The van der Waals surface area contributed by atoms with Gasteiger partial charge in [-0.15, -0.1) is 11.3 Å². The summed E-state index contributed by atoms with van der Waals surface area (Å²) < 4.78 is 98.3. The average molecular weight is 760 g/mol. The summed E-state index contributed by atoms with van der Waals surface area (Å²) in [5, 5.41) is 9.28. The first-order chi connectivity index (χ1) is 25.0. The van der Waals surface area contributed by atoms with E-state index in [1.807, 2.05) is 17.9 Å². The number of nitrogens with zero attached hydrogens (tertiary/aromatic N) is 6. The van der Waals surface area contributed by atoms with Crippen LogP contribution in [0, 0.1) is 28.4 Å². The smallest absolute Gasteiger partial charge is 0.417 e. The Morgan fingerprint density at radius 2 is 1.96 bits per heavy atom. The zero-order valence-corrected chi connectivity index (χ0v) is 30.5. The third-order valence-corrected chi connectivity index (χ3v) is 12.3. The highest BCUT2D eigenvalue weighted by molar-refractivity contribution is 7.23. The number of thiophene rings is 1. The van der Waals surface area contributed by atoms with E-state index in [2.05, 4.69) is 9.97 Å². The van der Waals surface area contributed by atoms with Crippen LogP contribution in [0.1, 0.15) is 63.5 Å². The Balaban J connectivity index is 1.45. The van der Waals surface area contributed by atoms with E-state index in [9.17, 15) is 18.8 Å². The van der Waals surface area contributed by atoms with E-state index < -0.39 is 51.6 Å². The Morgan fingerprint density at radius 1 is 1.21 bits per heavy atom. The van der Waals surface area contributed by atoms with Crippen molar-refractivity contribution in [2.45, 2.75) is 76.3 Å². The zero-order chi connectivity index (χ0) is 38.2. The first-order valence-corrected chi connectivity index (χ1v) is 18.4. The summed E-state index contributed by atoms with van der Waals surface area (Å²) in [4.78, 5) is 27.5. The number of nitrogen functional groups attached to an aromatic ring is 1. The van der Waals surface area contributed by atoms with E-state index in [0.29, 0.717) is 43.6 Å². The summed E-state index contributed by atoms with van der Waals surface area (Å²) in [5.41, 5.74) is 1.19. The van der Waals surface area contributed by atoms with Gasteiger partial charge in [-0.3, -0.25) is 9.69 Å². The molecule has 4 unspecified atom stereocenters. The first kappa shape index (κ1) is 37.0. The lowest BCUT2D eigenvalue weighted by molar-refractivity contribution is -0.138. The van der Waals surface area contributed by atoms with Gasteiger partial charge in [0.1, 0.15) is 41.0 Å². The lowest BCUT2D eigenvalue weighted by Gasteiger charge is -2.33. The molecule has 2 saturated heterocycles. The number of nitrogens with two attached hydrogens (primary N) is 1. The summed E-state index contributed by atoms with van der Waals surface area (Å²) in [7, 11) is 3.33. The lowest BCUT2D eigenvalue weighted by atomic mass is 9.87. The van der Waals surface area contributed by atoms with Crippen LogP contribution >= 0.6 is 11.3 Å². The fourth-order valence-corrected chi connectivity index (χ4v) is 9.86. The molecule has 4 atom stereocenters. The van der Waals surface area contributed by atoms with Gasteiger partial charge in [0.25, 0.3) is 0 Å². The highest BCUT2D eigenvalue weighted by Crippen LogP contribution is 2.49. The Bertz CT molecular complexity index is 2170. The number of benzene rings is 2. The summed E-state index contributed by atoms with van der Waals surface area (Å²) in [6.07, 6.45) is -3.06. The molecular weight excluding hydrogens is 721 g/mol. The summed E-state index contributed by atoms with van der Waals surface area (Å²) in [5.74, 6) is -2.28. The van der Waals surface area contributed by atoms with Gasteiger partial charge >= 0.3 is 12.2 Å². The van der Waals surface area contributed by atoms with Gasteiger partial charge in [0, 0.05) is 61.4 Å². The van der Waals surface area contributed by atoms with Crippen LogP contribution in [0.5, 0.6) is 6.01 Å². The minimum atomic E-state index is -5.12. The number of carbonyl (C=O) groups is 1. The maximum atomic E-state index is 17.3. The molecule has 1 aliphatic carbocycles. The second-order valence-electron chi connectivity index (χ2n) is 14.9. The third-order valence-electron chi connectivity index (χ3n) is 11.3. The fraction of sp³-hybridized carbons (Fsp3) is 0.514. The van der Waals surface area contributed by atoms with Gasteiger partial charge in [0.2, 0.25) is 5.91 Å². The van der Waals surface area contributed by atoms with Crippen molar-refractivity contribution in [2.24, 2.45) is 5.41 Å². The van der Waals surface area contributed by atoms with E-state index in [1.54, 1.807) is 25.9 Å². The van der Waals surface area contributed by atoms with Crippen molar-refractivity contribution in [1.29, 1.82) is 5.26 Å². The molecule has 1 amide bonds. The molecule has 0 spiro atoms. The van der Waals surface area contributed by atoms with Crippen molar-refractivity contribution in [2.75, 3.05) is 51.0 Å². The predicted molar refractivity (Wildman–Crippen MR) is 190 cm³/mol. The molecule has 3 aliphatic rings. The molecule has 2 aromatic carbocycles. The van der Waals surface area contributed by atoms with Crippen LogP contribution in [0.25, 0.3) is 32.1 Å². The number of alkyl halides is 4. The SMILES string of the molecule is CCN(c1nc(OCC23CCCN2CC(F)C3)nc2c(F)c(-c3ccc(F)c4sc(N)c(C#N)c34)c(C(F)(F)F)cc12)C1CCC(C)(C(=O)N(C)C)C1. The Morgan fingerprint density at radius 3 is 2.64 bits per heavy atom. The van der Waals surface area contributed by atoms with Gasteiger partial charge in [-0.25, -0.2) is 13.2 Å². The minimum Gasteiger partial charge on any atom is -0.461 e. The first-order valence-electron chi connectivity index (χ1n) is 17.5. The highest BCUT2D eigenvalue weighted by atomic mass is 32.1. The van der Waals surface area contributed by atoms with Gasteiger partial charge in [0.15, 0.2) is 5.82 Å². The molecular formula is C37H39F6N7O2S. The summed E-state index contributed by atoms with van der Waals surface area (Å²) >= 11 is 0.683. The lowest BCUT2D eigenvalue weighted by Crippen LogP contribution is -2.43. The number of hydrogen-bond acceptors (Lipinski definition) is 9. The number of aromatic nitrogens is 2. The second-order valence-corrected chi connectivity index (χ2v) is 15.9. The van der Waals surface area contributed by atoms with Crippen LogP contribution in [0.4, 0.5) is 37.2 Å². The molecule has 2 aliphatic heterocycles. The summed E-state index contributed by atoms with van der Waals surface area (Å²) in [6.45, 7) is 4.81. The Hall–Kier alpha value is -4.36. The molecule has 4 aromatic rings. The molecule has 53 heavy (non-hydrogen) atoms. The van der Waals surface area contributed by atoms with Crippen molar-refractivity contribution < 1.29 is 35.9 Å². The van der Waals surface area contributed by atoms with Crippen LogP contribution in [-0.2, 0) is 11.0 Å². The number of halogens is 6. The van der Waals surface area contributed by atoms with Gasteiger partial charge in [-0.05, 0) is 63.3 Å². The van der Waals surface area contributed by atoms with Gasteiger partial charge < -0.3 is 20.3 Å². The molecule has 16 heteroatoms. The molecule has 7 rings (SSSR count). The van der Waals surface area contributed by atoms with Crippen LogP contribution < -0.4 is 15.4 Å². The van der Waals surface area contributed by atoms with E-state index in [1.165, 1.54) is 4.90 Å². The number of carbonyl (C=O) groups excluding carboxylic acids is 1. The average Bonchev–Trinajstić information content (AvgIpc) is 3.85. The molecule has 1 saturated carbocycles. The van der Waals surface area contributed by atoms with E-state index in [0.717, 1.165) is 24.6 Å². The van der Waals surface area contributed by atoms with Crippen molar-refractivity contribution >= 4 is 49.1 Å². The van der Waals surface area contributed by atoms with Crippen molar-refractivity contribution in [3.05, 3.63) is 41.0 Å². The molecule has 282 valence electrons. The number of nitriles is 1. The van der Waals surface area contributed by atoms with Gasteiger partial charge in [-0.1, -0.05) is 13.0 Å². The Labute approximate surface area is 306 Å². The zero-order valence-electron chi connectivity index (χ0n) is 29.7. The maximum absolute atomic E-state index is 17.3. The van der Waals surface area contributed by atoms with Crippen molar-refractivity contribution in [3.8, 4) is 23.2 Å². The quantitative estimate of drug-likeness (QED) is 0.182. The van der Waals surface area contributed by atoms with Crippen molar-refractivity contribution in [1.82, 2.24) is 19.8 Å². The number of fused-ring (bicyclic) bond motifs is 3. The Kier molecular flexibility index (Phi) is 9.20. The summed E-state index contributed by atoms with van der Waals surface area (Å²) in [6, 6.07) is 3.88. The molecule has 0 radical (unpaired) electrons. The molecule has 9 nitrogen and oxygen atoms in total. The van der Waals surface area contributed by atoms with E-state index >= 15 is 17.6 Å². The fourth-order valence-electron chi connectivity index (χ4n) is 8.91. The minimum absolute atomic E-state index is 0.00712. The number of rotatable bonds is 8. The number of hydrogen-bond donors (Lipinski definition) is 1. The van der Waals surface area contributed by atoms with Crippen LogP contribution in [0.2, 0.25) is 0 Å². The molecule has 0 bridgehead atoms. The second kappa shape index (κ2) is 13.2. The number of anilines is 2. The largest absolute Gasteiger partial charge is 0.461 e. The monoisotopic (exact) mass is 759 g/mol. The number of amides is 1. The predicted octanol–water partition coefficient (Wildman–Crippen LogP) is 7.69. The number of ether oxygens (including phenoxy) is 1. The van der Waals surface area contributed by atoms with Gasteiger partial charge in [0.05, 0.1) is 21.4 Å². The molecule has 2 N–H and O–H groups in total. The molecule has 4 heterocycles. The highest BCUT2D eigenvalue weighted by Gasteiger charge is 2.50. The van der Waals surface area contributed by atoms with Crippen LogP contribution in [0.3, 0.4) is 0 Å². The normalized spacial score (nSPS) is 24.5.